The second kappa shape index (κ2) is 6.17. The van der Waals surface area contributed by atoms with Crippen LogP contribution in [0.25, 0.3) is 0 Å². The highest BCUT2D eigenvalue weighted by Gasteiger charge is 2.04. The van der Waals surface area contributed by atoms with Crippen LogP contribution < -0.4 is 10.1 Å². The van der Waals surface area contributed by atoms with E-state index in [0.717, 1.165) is 17.8 Å². The zero-order chi connectivity index (χ0) is 13.7. The van der Waals surface area contributed by atoms with Crippen LogP contribution in [-0.4, -0.2) is 26.4 Å². The van der Waals surface area contributed by atoms with Crippen molar-refractivity contribution in [2.45, 2.75) is 26.8 Å². The van der Waals surface area contributed by atoms with Crippen molar-refractivity contribution in [3.8, 4) is 5.88 Å². The SMILES string of the molecule is CCCOc1cc(C)nc(NCc2ccn(C)n2)n1. The van der Waals surface area contributed by atoms with Gasteiger partial charge in [-0.05, 0) is 19.4 Å². The number of nitrogens with zero attached hydrogens (tertiary/aromatic N) is 4. The highest BCUT2D eigenvalue weighted by Crippen LogP contribution is 2.12. The largest absolute Gasteiger partial charge is 0.478 e. The van der Waals surface area contributed by atoms with Crippen LogP contribution in [0.15, 0.2) is 18.3 Å². The lowest BCUT2D eigenvalue weighted by atomic mass is 10.4. The van der Waals surface area contributed by atoms with Gasteiger partial charge in [0.25, 0.3) is 0 Å². The highest BCUT2D eigenvalue weighted by atomic mass is 16.5. The summed E-state index contributed by atoms with van der Waals surface area (Å²) in [5.74, 6) is 1.18. The summed E-state index contributed by atoms with van der Waals surface area (Å²) in [6.45, 7) is 5.24. The van der Waals surface area contributed by atoms with E-state index in [9.17, 15) is 0 Å². The molecule has 0 aliphatic heterocycles. The summed E-state index contributed by atoms with van der Waals surface area (Å²) in [7, 11) is 1.89. The number of rotatable bonds is 6. The van der Waals surface area contributed by atoms with Gasteiger partial charge >= 0.3 is 0 Å². The van der Waals surface area contributed by atoms with Gasteiger partial charge in [-0.3, -0.25) is 4.68 Å². The number of hydrogen-bond acceptors (Lipinski definition) is 5. The van der Waals surface area contributed by atoms with Gasteiger partial charge in [0.05, 0.1) is 18.8 Å². The van der Waals surface area contributed by atoms with Crippen molar-refractivity contribution >= 4 is 5.95 Å². The highest BCUT2D eigenvalue weighted by molar-refractivity contribution is 5.31. The molecule has 0 radical (unpaired) electrons. The molecular weight excluding hydrogens is 242 g/mol. The van der Waals surface area contributed by atoms with Gasteiger partial charge in [-0.15, -0.1) is 0 Å². The molecule has 0 saturated heterocycles. The lowest BCUT2D eigenvalue weighted by Crippen LogP contribution is -2.07. The van der Waals surface area contributed by atoms with Crippen LogP contribution in [-0.2, 0) is 13.6 Å². The maximum absolute atomic E-state index is 5.52. The molecule has 6 heteroatoms. The summed E-state index contributed by atoms with van der Waals surface area (Å²) in [5.41, 5.74) is 1.83. The van der Waals surface area contributed by atoms with Gasteiger partial charge in [0.2, 0.25) is 11.8 Å². The summed E-state index contributed by atoms with van der Waals surface area (Å²) >= 11 is 0. The average Bonchev–Trinajstić information content (AvgIpc) is 2.79. The van der Waals surface area contributed by atoms with Crippen LogP contribution in [0.1, 0.15) is 24.7 Å². The van der Waals surface area contributed by atoms with Crippen molar-refractivity contribution in [1.82, 2.24) is 19.7 Å². The minimum atomic E-state index is 0.566. The fourth-order valence-corrected chi connectivity index (χ4v) is 1.63. The van der Waals surface area contributed by atoms with Gasteiger partial charge < -0.3 is 10.1 Å². The summed E-state index contributed by atoms with van der Waals surface area (Å²) in [6, 6.07) is 3.79. The molecule has 2 aromatic rings. The van der Waals surface area contributed by atoms with E-state index < -0.39 is 0 Å². The first-order valence-corrected chi connectivity index (χ1v) is 6.38. The summed E-state index contributed by atoms with van der Waals surface area (Å²) in [5, 5.41) is 7.44. The number of anilines is 1. The quantitative estimate of drug-likeness (QED) is 0.860. The maximum atomic E-state index is 5.52. The Morgan fingerprint density at radius 3 is 2.89 bits per heavy atom. The van der Waals surface area contributed by atoms with Crippen LogP contribution in [0.4, 0.5) is 5.95 Å². The Balaban J connectivity index is 2.01. The summed E-state index contributed by atoms with van der Waals surface area (Å²) in [4.78, 5) is 8.64. The maximum Gasteiger partial charge on any atom is 0.226 e. The molecule has 6 nitrogen and oxygen atoms in total. The predicted molar refractivity (Wildman–Crippen MR) is 73.1 cm³/mol. The normalized spacial score (nSPS) is 10.5. The fourth-order valence-electron chi connectivity index (χ4n) is 1.63. The molecule has 1 N–H and O–H groups in total. The van der Waals surface area contributed by atoms with Crippen molar-refractivity contribution in [2.24, 2.45) is 7.05 Å². The van der Waals surface area contributed by atoms with Gasteiger partial charge in [0, 0.05) is 25.0 Å². The number of nitrogens with one attached hydrogen (secondary N) is 1. The van der Waals surface area contributed by atoms with Crippen molar-refractivity contribution in [1.29, 1.82) is 0 Å². The minimum absolute atomic E-state index is 0.566. The Kier molecular flexibility index (Phi) is 4.33. The molecule has 2 aromatic heterocycles. The van der Waals surface area contributed by atoms with Gasteiger partial charge in [0.1, 0.15) is 0 Å². The van der Waals surface area contributed by atoms with Crippen LogP contribution in [0.5, 0.6) is 5.88 Å². The Bertz CT molecular complexity index is 538. The van der Waals surface area contributed by atoms with Crippen molar-refractivity contribution in [2.75, 3.05) is 11.9 Å². The Labute approximate surface area is 112 Å². The van der Waals surface area contributed by atoms with E-state index in [1.54, 1.807) is 4.68 Å². The molecule has 0 amide bonds. The van der Waals surface area contributed by atoms with Crippen LogP contribution in [0, 0.1) is 6.92 Å². The first-order valence-electron chi connectivity index (χ1n) is 6.38. The lowest BCUT2D eigenvalue weighted by molar-refractivity contribution is 0.305. The number of hydrogen-bond donors (Lipinski definition) is 1. The van der Waals surface area contributed by atoms with Gasteiger partial charge in [-0.2, -0.15) is 10.1 Å². The van der Waals surface area contributed by atoms with E-state index in [0.29, 0.717) is 25.0 Å². The smallest absolute Gasteiger partial charge is 0.226 e. The van der Waals surface area contributed by atoms with Gasteiger partial charge in [0.15, 0.2) is 0 Å². The summed E-state index contributed by atoms with van der Waals surface area (Å²) in [6.07, 6.45) is 2.86. The second-order valence-electron chi connectivity index (χ2n) is 4.35. The topological polar surface area (TPSA) is 64.9 Å². The Morgan fingerprint density at radius 1 is 1.37 bits per heavy atom. The van der Waals surface area contributed by atoms with Crippen molar-refractivity contribution in [3.05, 3.63) is 29.7 Å². The third-order valence-electron chi connectivity index (χ3n) is 2.48. The molecule has 0 unspecified atom stereocenters. The van der Waals surface area contributed by atoms with Crippen molar-refractivity contribution in [3.63, 3.8) is 0 Å². The Morgan fingerprint density at radius 2 is 2.21 bits per heavy atom. The van der Waals surface area contributed by atoms with Gasteiger partial charge in [-0.1, -0.05) is 6.92 Å². The summed E-state index contributed by atoms with van der Waals surface area (Å²) < 4.78 is 7.29. The molecule has 0 aliphatic carbocycles. The molecule has 19 heavy (non-hydrogen) atoms. The third kappa shape index (κ3) is 3.94. The fraction of sp³-hybridized carbons (Fsp3) is 0.462. The Hall–Kier alpha value is -2.11. The monoisotopic (exact) mass is 261 g/mol. The third-order valence-corrected chi connectivity index (χ3v) is 2.48. The first kappa shape index (κ1) is 13.3. The zero-order valence-corrected chi connectivity index (χ0v) is 11.6. The molecule has 102 valence electrons. The van der Waals surface area contributed by atoms with Crippen LogP contribution in [0.2, 0.25) is 0 Å². The van der Waals surface area contributed by atoms with Gasteiger partial charge in [-0.25, -0.2) is 4.98 Å². The van der Waals surface area contributed by atoms with E-state index in [4.69, 9.17) is 4.74 Å². The molecule has 0 bridgehead atoms. The molecule has 0 aromatic carbocycles. The van der Waals surface area contributed by atoms with E-state index in [1.165, 1.54) is 0 Å². The van der Waals surface area contributed by atoms with E-state index in [2.05, 4.69) is 27.3 Å². The van der Waals surface area contributed by atoms with E-state index in [-0.39, 0.29) is 0 Å². The van der Waals surface area contributed by atoms with Crippen molar-refractivity contribution < 1.29 is 4.74 Å². The second-order valence-corrected chi connectivity index (χ2v) is 4.35. The van der Waals surface area contributed by atoms with Crippen LogP contribution in [0.3, 0.4) is 0 Å². The number of aryl methyl sites for hydroxylation is 2. The molecular formula is C13H19N5O. The molecule has 2 heterocycles. The first-order chi connectivity index (χ1) is 9.17. The molecule has 2 rings (SSSR count). The number of aromatic nitrogens is 4. The molecule has 0 atom stereocenters. The standard InChI is InChI=1S/C13H19N5O/c1-4-7-19-12-8-10(2)15-13(16-12)14-9-11-5-6-18(3)17-11/h5-6,8H,4,7,9H2,1-3H3,(H,14,15,16). The molecule has 0 saturated carbocycles. The minimum Gasteiger partial charge on any atom is -0.478 e. The predicted octanol–water partition coefficient (Wildman–Crippen LogP) is 1.92. The molecule has 0 spiro atoms. The molecule has 0 fully saturated rings. The zero-order valence-electron chi connectivity index (χ0n) is 11.6. The lowest BCUT2D eigenvalue weighted by Gasteiger charge is -2.08. The number of ether oxygens (including phenoxy) is 1. The van der Waals surface area contributed by atoms with E-state index >= 15 is 0 Å². The van der Waals surface area contributed by atoms with Crippen LogP contribution >= 0.6 is 0 Å². The van der Waals surface area contributed by atoms with E-state index in [1.807, 2.05) is 32.3 Å². The average molecular weight is 261 g/mol. The molecule has 0 aliphatic rings.